The predicted molar refractivity (Wildman–Crippen MR) is 98.2 cm³/mol. The van der Waals surface area contributed by atoms with Crippen LogP contribution in [0.5, 0.6) is 0 Å². The van der Waals surface area contributed by atoms with Crippen LogP contribution in [0, 0.1) is 11.3 Å². The summed E-state index contributed by atoms with van der Waals surface area (Å²) in [6, 6.07) is 18.2. The van der Waals surface area contributed by atoms with Crippen LogP contribution < -0.4 is 4.90 Å². The highest BCUT2D eigenvalue weighted by atomic mass is 15.3. The van der Waals surface area contributed by atoms with Crippen LogP contribution in [0.15, 0.2) is 54.7 Å². The maximum atomic E-state index is 9.28. The van der Waals surface area contributed by atoms with Gasteiger partial charge in [0.2, 0.25) is 0 Å². The van der Waals surface area contributed by atoms with Crippen molar-refractivity contribution in [2.24, 2.45) is 0 Å². The largest absolute Gasteiger partial charge is 0.368 e. The van der Waals surface area contributed by atoms with Gasteiger partial charge in [0.05, 0.1) is 11.2 Å². The topological polar surface area (TPSA) is 56.1 Å². The molecule has 0 spiro atoms. The van der Waals surface area contributed by atoms with E-state index in [0.717, 1.165) is 55.0 Å². The SMILES string of the molecule is N#Cc1cc(N2CCN(Cc3ccccn3)CC2)c2ccccc2n1. The maximum Gasteiger partial charge on any atom is 0.143 e. The summed E-state index contributed by atoms with van der Waals surface area (Å²) < 4.78 is 0. The number of para-hydroxylation sites is 1. The number of pyridine rings is 2. The lowest BCUT2D eigenvalue weighted by atomic mass is 10.1. The molecule has 4 rings (SSSR count). The summed E-state index contributed by atoms with van der Waals surface area (Å²) in [6.07, 6.45) is 1.85. The Morgan fingerprint density at radius 3 is 2.56 bits per heavy atom. The first kappa shape index (κ1) is 15.6. The number of benzene rings is 1. The molecule has 0 radical (unpaired) electrons. The summed E-state index contributed by atoms with van der Waals surface area (Å²) in [5.74, 6) is 0. The number of hydrogen-bond acceptors (Lipinski definition) is 5. The van der Waals surface area contributed by atoms with E-state index in [1.165, 1.54) is 0 Å². The summed E-state index contributed by atoms with van der Waals surface area (Å²) in [4.78, 5) is 13.6. The highest BCUT2D eigenvalue weighted by Gasteiger charge is 2.20. The second kappa shape index (κ2) is 6.88. The molecule has 0 unspecified atom stereocenters. The number of hydrogen-bond donors (Lipinski definition) is 0. The standard InChI is InChI=1S/C20H19N5/c21-14-17-13-20(18-6-1-2-7-19(18)23-17)25-11-9-24(10-12-25)15-16-5-3-4-8-22-16/h1-8,13H,9-12,15H2. The van der Waals surface area contributed by atoms with Crippen molar-refractivity contribution in [2.75, 3.05) is 31.1 Å². The molecule has 0 N–H and O–H groups in total. The Labute approximate surface area is 147 Å². The molecular formula is C20H19N5. The van der Waals surface area contributed by atoms with E-state index in [1.54, 1.807) is 0 Å². The first-order valence-corrected chi connectivity index (χ1v) is 8.50. The van der Waals surface area contributed by atoms with Crippen LogP contribution in [0.1, 0.15) is 11.4 Å². The molecule has 1 fully saturated rings. The van der Waals surface area contributed by atoms with E-state index in [4.69, 9.17) is 0 Å². The highest BCUT2D eigenvalue weighted by Crippen LogP contribution is 2.27. The van der Waals surface area contributed by atoms with Crippen molar-refractivity contribution in [1.29, 1.82) is 5.26 Å². The molecule has 0 atom stereocenters. The Kier molecular flexibility index (Phi) is 4.28. The van der Waals surface area contributed by atoms with Crippen LogP contribution in [0.4, 0.5) is 5.69 Å². The van der Waals surface area contributed by atoms with E-state index in [9.17, 15) is 5.26 Å². The second-order valence-electron chi connectivity index (χ2n) is 6.24. The first-order valence-electron chi connectivity index (χ1n) is 8.50. The molecule has 3 aromatic rings. The molecule has 1 saturated heterocycles. The Balaban J connectivity index is 1.53. The molecule has 1 aliphatic heterocycles. The monoisotopic (exact) mass is 329 g/mol. The van der Waals surface area contributed by atoms with Gasteiger partial charge in [-0.2, -0.15) is 5.26 Å². The van der Waals surface area contributed by atoms with E-state index in [1.807, 2.05) is 42.6 Å². The molecule has 2 aromatic heterocycles. The average Bonchev–Trinajstić information content (AvgIpc) is 2.68. The zero-order valence-electron chi connectivity index (χ0n) is 14.0. The number of aromatic nitrogens is 2. The summed E-state index contributed by atoms with van der Waals surface area (Å²) in [5, 5.41) is 10.4. The third kappa shape index (κ3) is 3.30. The molecule has 5 nitrogen and oxygen atoms in total. The predicted octanol–water partition coefficient (Wildman–Crippen LogP) is 2.82. The van der Waals surface area contributed by atoms with Gasteiger partial charge < -0.3 is 4.90 Å². The normalized spacial score (nSPS) is 15.2. The molecule has 3 heterocycles. The van der Waals surface area contributed by atoms with E-state index in [2.05, 4.69) is 38.0 Å². The van der Waals surface area contributed by atoms with Gasteiger partial charge in [-0.3, -0.25) is 9.88 Å². The second-order valence-corrected chi connectivity index (χ2v) is 6.24. The van der Waals surface area contributed by atoms with Gasteiger partial charge in [0.1, 0.15) is 11.8 Å². The Morgan fingerprint density at radius 2 is 1.80 bits per heavy atom. The van der Waals surface area contributed by atoms with Gasteiger partial charge >= 0.3 is 0 Å². The third-order valence-corrected chi connectivity index (χ3v) is 4.63. The lowest BCUT2D eigenvalue weighted by molar-refractivity contribution is 0.247. The lowest BCUT2D eigenvalue weighted by Gasteiger charge is -2.36. The fourth-order valence-electron chi connectivity index (χ4n) is 3.34. The fraction of sp³-hybridized carbons (Fsp3) is 0.250. The molecule has 0 aliphatic carbocycles. The Bertz CT molecular complexity index is 908. The minimum atomic E-state index is 0.476. The number of rotatable bonds is 3. The third-order valence-electron chi connectivity index (χ3n) is 4.63. The van der Waals surface area contributed by atoms with Crippen LogP contribution in [0.25, 0.3) is 10.9 Å². The molecule has 0 amide bonds. The van der Waals surface area contributed by atoms with Crippen LogP contribution >= 0.6 is 0 Å². The van der Waals surface area contributed by atoms with Gasteiger partial charge in [0.15, 0.2) is 0 Å². The zero-order chi connectivity index (χ0) is 17.1. The maximum absolute atomic E-state index is 9.28. The van der Waals surface area contributed by atoms with Gasteiger partial charge in [0.25, 0.3) is 0 Å². The van der Waals surface area contributed by atoms with Crippen molar-refractivity contribution in [3.05, 3.63) is 66.1 Å². The van der Waals surface area contributed by atoms with E-state index < -0.39 is 0 Å². The van der Waals surface area contributed by atoms with E-state index in [-0.39, 0.29) is 0 Å². The van der Waals surface area contributed by atoms with Crippen LogP contribution in [0.2, 0.25) is 0 Å². The molecule has 25 heavy (non-hydrogen) atoms. The molecule has 1 aromatic carbocycles. The molecule has 1 aliphatic rings. The van der Waals surface area contributed by atoms with Crippen LogP contribution in [0.3, 0.4) is 0 Å². The van der Waals surface area contributed by atoms with Crippen molar-refractivity contribution in [3.8, 4) is 6.07 Å². The van der Waals surface area contributed by atoms with Gasteiger partial charge in [-0.05, 0) is 24.3 Å². The highest BCUT2D eigenvalue weighted by molar-refractivity contribution is 5.92. The van der Waals surface area contributed by atoms with Crippen molar-refractivity contribution in [2.45, 2.75) is 6.54 Å². The van der Waals surface area contributed by atoms with Crippen molar-refractivity contribution in [3.63, 3.8) is 0 Å². The number of piperazine rings is 1. The molecule has 5 heteroatoms. The van der Waals surface area contributed by atoms with Gasteiger partial charge in [0, 0.05) is 50.0 Å². The number of anilines is 1. The summed E-state index contributed by atoms with van der Waals surface area (Å²) in [6.45, 7) is 4.72. The van der Waals surface area contributed by atoms with E-state index in [0.29, 0.717) is 5.69 Å². The minimum Gasteiger partial charge on any atom is -0.368 e. The first-order chi connectivity index (χ1) is 12.3. The average molecular weight is 329 g/mol. The van der Waals surface area contributed by atoms with Crippen LogP contribution in [-0.2, 0) is 6.54 Å². The van der Waals surface area contributed by atoms with Crippen molar-refractivity contribution in [1.82, 2.24) is 14.9 Å². The molecule has 0 bridgehead atoms. The van der Waals surface area contributed by atoms with Gasteiger partial charge in [-0.1, -0.05) is 24.3 Å². The fourth-order valence-corrected chi connectivity index (χ4v) is 3.34. The van der Waals surface area contributed by atoms with Gasteiger partial charge in [-0.15, -0.1) is 0 Å². The number of nitrogens with zero attached hydrogens (tertiary/aromatic N) is 5. The van der Waals surface area contributed by atoms with Crippen molar-refractivity contribution < 1.29 is 0 Å². The van der Waals surface area contributed by atoms with Crippen molar-refractivity contribution >= 4 is 16.6 Å². The Morgan fingerprint density at radius 1 is 1.00 bits per heavy atom. The Hall–Kier alpha value is -2.97. The zero-order valence-corrected chi connectivity index (χ0v) is 14.0. The molecule has 0 saturated carbocycles. The van der Waals surface area contributed by atoms with Gasteiger partial charge in [-0.25, -0.2) is 4.98 Å². The molecular weight excluding hydrogens is 310 g/mol. The summed E-state index contributed by atoms with van der Waals surface area (Å²) in [7, 11) is 0. The quantitative estimate of drug-likeness (QED) is 0.739. The summed E-state index contributed by atoms with van der Waals surface area (Å²) in [5.41, 5.74) is 3.58. The number of fused-ring (bicyclic) bond motifs is 1. The summed E-state index contributed by atoms with van der Waals surface area (Å²) >= 11 is 0. The molecule has 124 valence electrons. The number of nitriles is 1. The van der Waals surface area contributed by atoms with Crippen LogP contribution in [-0.4, -0.2) is 41.0 Å². The minimum absolute atomic E-state index is 0.476. The van der Waals surface area contributed by atoms with E-state index >= 15 is 0 Å². The smallest absolute Gasteiger partial charge is 0.143 e. The lowest BCUT2D eigenvalue weighted by Crippen LogP contribution is -2.46.